The van der Waals surface area contributed by atoms with Crippen molar-refractivity contribution in [3.8, 4) is 6.01 Å². The summed E-state index contributed by atoms with van der Waals surface area (Å²) in [7, 11) is 0. The van der Waals surface area contributed by atoms with Gasteiger partial charge in [0.1, 0.15) is 11.9 Å². The summed E-state index contributed by atoms with van der Waals surface area (Å²) in [5, 5.41) is 12.4. The maximum atomic E-state index is 12.9. The minimum atomic E-state index is -0.700. The maximum absolute atomic E-state index is 12.9. The van der Waals surface area contributed by atoms with Crippen molar-refractivity contribution in [1.29, 1.82) is 0 Å². The van der Waals surface area contributed by atoms with Gasteiger partial charge in [0.25, 0.3) is 5.91 Å². The molecule has 0 spiro atoms. The molecule has 4 aromatic rings. The topological polar surface area (TPSA) is 197 Å². The summed E-state index contributed by atoms with van der Waals surface area (Å²) in [6, 6.07) is 22.0. The van der Waals surface area contributed by atoms with Gasteiger partial charge in [-0.3, -0.25) is 34.7 Å². The highest BCUT2D eigenvalue weighted by atomic mass is 16.5. The molecule has 0 bridgehead atoms. The zero-order valence-corrected chi connectivity index (χ0v) is 32.9. The Morgan fingerprint density at radius 1 is 0.932 bits per heavy atom. The SMILES string of the molecule is Cc1cccc(/C=N/Nc2cc(N3CCOCC3)nc(OCCc3ccc(NC(=O)CCCCC(=O)Nc4ccc5c(c4)CN(C4CCC(=O)NC4=O)C5=O)cc3)n2)c1. The smallest absolute Gasteiger partial charge is 0.320 e. The quantitative estimate of drug-likeness (QED) is 0.0536. The van der Waals surface area contributed by atoms with Crippen LogP contribution < -0.4 is 31.0 Å². The van der Waals surface area contributed by atoms with Crippen molar-refractivity contribution in [2.24, 2.45) is 5.10 Å². The number of carbonyl (C=O) groups is 5. The van der Waals surface area contributed by atoms with E-state index in [-0.39, 0.29) is 61.9 Å². The van der Waals surface area contributed by atoms with Gasteiger partial charge in [-0.1, -0.05) is 42.0 Å². The summed E-state index contributed by atoms with van der Waals surface area (Å²) in [6.07, 6.45) is 4.33. The first-order valence-electron chi connectivity index (χ1n) is 19.8. The standard InChI is InChI=1S/C43H47N9O7/c1-28-5-4-6-30(23-28)26-44-50-36-25-37(51-18-21-58-22-19-51)48-43(47-36)59-20-17-29-9-11-32(12-10-29)45-38(53)7-2-3-8-39(54)46-33-13-14-34-31(24-33)27-52(42(34)57)35-15-16-40(55)49-41(35)56/h4-6,9-14,23-26,35H,2-3,7-8,15-22,27H2,1H3,(H,45,53)(H,46,54)(H,47,48,50)(H,49,55,56)/b44-26+. The lowest BCUT2D eigenvalue weighted by Gasteiger charge is -2.29. The molecule has 1 aromatic heterocycles. The lowest BCUT2D eigenvalue weighted by Crippen LogP contribution is -2.52. The minimum absolute atomic E-state index is 0.143. The van der Waals surface area contributed by atoms with Crippen molar-refractivity contribution >= 4 is 58.8 Å². The molecule has 0 aliphatic carbocycles. The number of morpholine rings is 1. The van der Waals surface area contributed by atoms with E-state index in [4.69, 9.17) is 9.47 Å². The van der Waals surface area contributed by atoms with E-state index < -0.39 is 11.9 Å². The highest BCUT2D eigenvalue weighted by Crippen LogP contribution is 2.30. The van der Waals surface area contributed by atoms with Crippen molar-refractivity contribution in [3.05, 3.63) is 101 Å². The molecule has 0 radical (unpaired) electrons. The van der Waals surface area contributed by atoms with Gasteiger partial charge < -0.3 is 29.9 Å². The number of nitrogens with one attached hydrogen (secondary N) is 4. The third-order valence-corrected chi connectivity index (χ3v) is 10.2. The van der Waals surface area contributed by atoms with Crippen molar-refractivity contribution < 1.29 is 33.4 Å². The summed E-state index contributed by atoms with van der Waals surface area (Å²) in [4.78, 5) is 74.9. The number of amides is 5. The highest BCUT2D eigenvalue weighted by Gasteiger charge is 2.39. The lowest BCUT2D eigenvalue weighted by atomic mass is 10.0. The third kappa shape index (κ3) is 11.0. The Morgan fingerprint density at radius 2 is 1.68 bits per heavy atom. The number of carbonyl (C=O) groups excluding carboxylic acids is 5. The Labute approximate surface area is 341 Å². The Morgan fingerprint density at radius 3 is 2.42 bits per heavy atom. The highest BCUT2D eigenvalue weighted by molar-refractivity contribution is 6.05. The molecule has 3 aromatic carbocycles. The van der Waals surface area contributed by atoms with Gasteiger partial charge in [0.15, 0.2) is 5.82 Å². The molecule has 4 heterocycles. The van der Waals surface area contributed by atoms with Crippen molar-refractivity contribution in [1.82, 2.24) is 20.2 Å². The molecular weight excluding hydrogens is 755 g/mol. The lowest BCUT2D eigenvalue weighted by molar-refractivity contribution is -0.137. The van der Waals surface area contributed by atoms with Gasteiger partial charge in [-0.2, -0.15) is 15.1 Å². The van der Waals surface area contributed by atoms with E-state index in [0.29, 0.717) is 80.5 Å². The van der Waals surface area contributed by atoms with Crippen LogP contribution in [-0.2, 0) is 36.9 Å². The number of aromatic nitrogens is 2. The Bertz CT molecular complexity index is 2220. The summed E-state index contributed by atoms with van der Waals surface area (Å²) in [5.74, 6) is -0.179. The molecule has 59 heavy (non-hydrogen) atoms. The zero-order chi connectivity index (χ0) is 41.1. The van der Waals surface area contributed by atoms with Crippen molar-refractivity contribution in [3.63, 3.8) is 0 Å². The van der Waals surface area contributed by atoms with Gasteiger partial charge in [0.2, 0.25) is 23.6 Å². The van der Waals surface area contributed by atoms with E-state index in [1.807, 2.05) is 61.5 Å². The van der Waals surface area contributed by atoms with Gasteiger partial charge in [-0.15, -0.1) is 0 Å². The molecule has 1 atom stereocenters. The number of aryl methyl sites for hydroxylation is 1. The largest absolute Gasteiger partial charge is 0.463 e. The Hall–Kier alpha value is -6.68. The Kier molecular flexibility index (Phi) is 13.2. The van der Waals surface area contributed by atoms with E-state index >= 15 is 0 Å². The second-order valence-corrected chi connectivity index (χ2v) is 14.6. The number of hydrogen-bond donors (Lipinski definition) is 4. The van der Waals surface area contributed by atoms with Gasteiger partial charge >= 0.3 is 6.01 Å². The van der Waals surface area contributed by atoms with Crippen molar-refractivity contribution in [2.75, 3.05) is 53.9 Å². The van der Waals surface area contributed by atoms with Gasteiger partial charge in [-0.05, 0) is 73.2 Å². The summed E-state index contributed by atoms with van der Waals surface area (Å²) < 4.78 is 11.5. The van der Waals surface area contributed by atoms with Gasteiger partial charge in [0.05, 0.1) is 26.0 Å². The van der Waals surface area contributed by atoms with Crippen molar-refractivity contribution in [2.45, 2.75) is 64.5 Å². The summed E-state index contributed by atoms with van der Waals surface area (Å²) in [5.41, 5.74) is 8.55. The summed E-state index contributed by atoms with van der Waals surface area (Å²) >= 11 is 0. The summed E-state index contributed by atoms with van der Waals surface area (Å²) in [6.45, 7) is 5.25. The van der Waals surface area contributed by atoms with Crippen LogP contribution >= 0.6 is 0 Å². The molecule has 2 saturated heterocycles. The molecule has 0 saturated carbocycles. The van der Waals surface area contributed by atoms with E-state index in [0.717, 1.165) is 22.5 Å². The van der Waals surface area contributed by atoms with Crippen LogP contribution in [0.5, 0.6) is 6.01 Å². The molecular formula is C43H47N9O7. The molecule has 5 amide bonds. The molecule has 306 valence electrons. The maximum Gasteiger partial charge on any atom is 0.320 e. The number of anilines is 4. The number of ether oxygens (including phenoxy) is 2. The fourth-order valence-electron chi connectivity index (χ4n) is 7.10. The number of piperidine rings is 1. The fraction of sp³-hybridized carbons (Fsp3) is 0.349. The monoisotopic (exact) mass is 801 g/mol. The predicted octanol–water partition coefficient (Wildman–Crippen LogP) is 4.59. The number of rotatable bonds is 16. The number of hydrogen-bond acceptors (Lipinski definition) is 12. The first-order valence-corrected chi connectivity index (χ1v) is 19.8. The fourth-order valence-corrected chi connectivity index (χ4v) is 7.10. The number of benzene rings is 3. The molecule has 16 nitrogen and oxygen atoms in total. The molecule has 4 N–H and O–H groups in total. The number of unbranched alkanes of at least 4 members (excludes halogenated alkanes) is 1. The average molecular weight is 802 g/mol. The second-order valence-electron chi connectivity index (χ2n) is 14.6. The third-order valence-electron chi connectivity index (χ3n) is 10.2. The molecule has 2 fully saturated rings. The second kappa shape index (κ2) is 19.2. The Balaban J connectivity index is 0.821. The number of imide groups is 1. The number of hydrazone groups is 1. The molecule has 1 unspecified atom stereocenters. The van der Waals surface area contributed by atoms with Crippen LogP contribution in [0, 0.1) is 6.92 Å². The first kappa shape index (κ1) is 40.5. The van der Waals surface area contributed by atoms with E-state index in [2.05, 4.69) is 41.3 Å². The van der Waals surface area contributed by atoms with Gasteiger partial charge in [-0.25, -0.2) is 0 Å². The van der Waals surface area contributed by atoms with Crippen LogP contribution in [0.3, 0.4) is 0 Å². The van der Waals surface area contributed by atoms with Crippen LogP contribution in [0.4, 0.5) is 23.0 Å². The predicted molar refractivity (Wildman–Crippen MR) is 221 cm³/mol. The van der Waals surface area contributed by atoms with E-state index in [1.54, 1.807) is 24.4 Å². The molecule has 16 heteroatoms. The van der Waals surface area contributed by atoms with E-state index in [1.165, 1.54) is 4.90 Å². The van der Waals surface area contributed by atoms with E-state index in [9.17, 15) is 24.0 Å². The van der Waals surface area contributed by atoms with Crippen LogP contribution in [0.2, 0.25) is 0 Å². The van der Waals surface area contributed by atoms with Crippen LogP contribution in [0.1, 0.15) is 71.1 Å². The number of nitrogens with zero attached hydrogens (tertiary/aromatic N) is 5. The minimum Gasteiger partial charge on any atom is -0.463 e. The van der Waals surface area contributed by atoms with Crippen LogP contribution in [-0.4, -0.2) is 89.6 Å². The van der Waals surface area contributed by atoms with Crippen LogP contribution in [0.15, 0.2) is 77.9 Å². The molecule has 3 aliphatic rings. The normalized spacial score (nSPS) is 16.5. The molecule has 3 aliphatic heterocycles. The first-order chi connectivity index (χ1) is 28.7. The van der Waals surface area contributed by atoms with Crippen LogP contribution in [0.25, 0.3) is 0 Å². The average Bonchev–Trinajstić information content (AvgIpc) is 3.55. The zero-order valence-electron chi connectivity index (χ0n) is 32.9. The molecule has 7 rings (SSSR count). The van der Waals surface area contributed by atoms with Gasteiger partial charge in [0, 0.05) is 68.3 Å². The number of fused-ring (bicyclic) bond motifs is 1.